The molecule has 3 aromatic rings. The van der Waals surface area contributed by atoms with E-state index in [1.807, 2.05) is 19.9 Å². The van der Waals surface area contributed by atoms with Gasteiger partial charge in [0, 0.05) is 17.2 Å². The lowest BCUT2D eigenvalue weighted by Crippen LogP contribution is -2.20. The van der Waals surface area contributed by atoms with Gasteiger partial charge in [-0.3, -0.25) is 14.9 Å². The maximum atomic E-state index is 13.2. The van der Waals surface area contributed by atoms with E-state index in [4.69, 9.17) is 4.74 Å². The van der Waals surface area contributed by atoms with E-state index in [0.717, 1.165) is 17.2 Å². The quantitative estimate of drug-likeness (QED) is 0.199. The minimum absolute atomic E-state index is 0.0151. The average molecular weight is 468 g/mol. The number of benzene rings is 3. The topological polar surface area (TPSA) is 86.5 Å². The predicted molar refractivity (Wildman–Crippen MR) is 116 cm³/mol. The second-order valence-electron chi connectivity index (χ2n) is 6.78. The molecule has 0 radical (unpaired) electrons. The van der Waals surface area contributed by atoms with Crippen molar-refractivity contribution in [1.82, 2.24) is 0 Å². The Bertz CT molecular complexity index is 1130. The lowest BCUT2D eigenvalue weighted by molar-refractivity contribution is -0.385. The lowest BCUT2D eigenvalue weighted by Gasteiger charge is -2.18. The summed E-state index contributed by atoms with van der Waals surface area (Å²) < 4.78 is 5.80. The maximum Gasteiger partial charge on any atom is 0.339 e. The van der Waals surface area contributed by atoms with Crippen LogP contribution >= 0.6 is 15.9 Å². The van der Waals surface area contributed by atoms with E-state index in [-0.39, 0.29) is 21.5 Å². The molecule has 0 amide bonds. The Hall–Kier alpha value is -3.32. The molecule has 0 heterocycles. The summed E-state index contributed by atoms with van der Waals surface area (Å²) in [7, 11) is 0. The molecule has 7 heteroatoms. The van der Waals surface area contributed by atoms with E-state index in [2.05, 4.69) is 15.9 Å². The van der Waals surface area contributed by atoms with Gasteiger partial charge in [0.1, 0.15) is 0 Å². The first kappa shape index (κ1) is 21.4. The molecular weight excluding hydrogens is 450 g/mol. The Morgan fingerprint density at radius 1 is 0.933 bits per heavy atom. The zero-order chi connectivity index (χ0) is 21.8. The smallest absolute Gasteiger partial charge is 0.339 e. The number of halogens is 1. The van der Waals surface area contributed by atoms with Gasteiger partial charge in [-0.15, -0.1) is 0 Å². The van der Waals surface area contributed by atoms with E-state index < -0.39 is 17.0 Å². The third-order valence-corrected chi connectivity index (χ3v) is 5.41. The zero-order valence-electron chi connectivity index (χ0n) is 16.3. The maximum absolute atomic E-state index is 13.2. The second-order valence-corrected chi connectivity index (χ2v) is 7.64. The fourth-order valence-corrected chi connectivity index (χ4v) is 3.29. The van der Waals surface area contributed by atoms with Crippen molar-refractivity contribution >= 4 is 33.4 Å². The highest BCUT2D eigenvalue weighted by molar-refractivity contribution is 9.10. The van der Waals surface area contributed by atoms with Crippen molar-refractivity contribution in [3.63, 3.8) is 0 Å². The molecule has 152 valence electrons. The van der Waals surface area contributed by atoms with Crippen molar-refractivity contribution in [3.8, 4) is 0 Å². The Morgan fingerprint density at radius 3 is 2.23 bits per heavy atom. The van der Waals surface area contributed by atoms with Gasteiger partial charge >= 0.3 is 5.97 Å². The van der Waals surface area contributed by atoms with Crippen LogP contribution in [0.4, 0.5) is 5.69 Å². The predicted octanol–water partition coefficient (Wildman–Crippen LogP) is 5.76. The van der Waals surface area contributed by atoms with Crippen LogP contribution in [0.1, 0.15) is 43.5 Å². The minimum Gasteiger partial charge on any atom is -0.445 e. The molecule has 0 aromatic heterocycles. The number of ether oxygens (including phenoxy) is 1. The molecule has 0 fully saturated rings. The van der Waals surface area contributed by atoms with Crippen LogP contribution in [-0.2, 0) is 4.74 Å². The summed E-state index contributed by atoms with van der Waals surface area (Å²) in [5.41, 5.74) is 2.65. The normalized spacial score (nSPS) is 11.6. The number of carbonyl (C=O) groups excluding carboxylic acids is 2. The van der Waals surface area contributed by atoms with Gasteiger partial charge in [-0.05, 0) is 59.1 Å². The number of rotatable bonds is 6. The van der Waals surface area contributed by atoms with Gasteiger partial charge in [-0.2, -0.15) is 0 Å². The van der Waals surface area contributed by atoms with Gasteiger partial charge in [0.25, 0.3) is 5.69 Å². The molecule has 0 N–H and O–H groups in total. The van der Waals surface area contributed by atoms with Crippen molar-refractivity contribution in [2.45, 2.75) is 20.0 Å². The number of Topliss-reactive ketones (excluding diaryl/α,β-unsaturated/α-hetero) is 1. The van der Waals surface area contributed by atoms with E-state index in [0.29, 0.717) is 11.1 Å². The summed E-state index contributed by atoms with van der Waals surface area (Å²) in [5, 5.41) is 11.2. The molecule has 0 spiro atoms. The summed E-state index contributed by atoms with van der Waals surface area (Å²) in [6.07, 6.45) is -1.18. The number of aryl methyl sites for hydroxylation is 2. The van der Waals surface area contributed by atoms with Gasteiger partial charge in [0.2, 0.25) is 5.78 Å². The number of nitro groups is 1. The average Bonchev–Trinajstić information content (AvgIpc) is 2.74. The van der Waals surface area contributed by atoms with Crippen LogP contribution in [0.25, 0.3) is 0 Å². The fourth-order valence-electron chi connectivity index (χ4n) is 2.90. The van der Waals surface area contributed by atoms with Crippen molar-refractivity contribution in [1.29, 1.82) is 0 Å². The van der Waals surface area contributed by atoms with Crippen LogP contribution in [0, 0.1) is 24.0 Å². The number of hydrogen-bond donors (Lipinski definition) is 0. The molecule has 0 aliphatic rings. The van der Waals surface area contributed by atoms with Crippen molar-refractivity contribution < 1.29 is 19.2 Å². The van der Waals surface area contributed by atoms with Gasteiger partial charge in [0.15, 0.2) is 6.10 Å². The van der Waals surface area contributed by atoms with E-state index in [1.54, 1.807) is 42.5 Å². The Balaban J connectivity index is 1.97. The Kier molecular flexibility index (Phi) is 6.42. The monoisotopic (exact) mass is 467 g/mol. The number of ketones is 1. The first-order valence-corrected chi connectivity index (χ1v) is 9.88. The van der Waals surface area contributed by atoms with Crippen LogP contribution in [0.15, 0.2) is 71.2 Å². The van der Waals surface area contributed by atoms with Crippen molar-refractivity contribution in [2.75, 3.05) is 0 Å². The first-order chi connectivity index (χ1) is 14.3. The summed E-state index contributed by atoms with van der Waals surface area (Å²) in [5.74, 6) is -1.19. The van der Waals surface area contributed by atoms with Crippen LogP contribution in [0.3, 0.4) is 0 Å². The number of nitro benzene ring substituents is 1. The summed E-state index contributed by atoms with van der Waals surface area (Å²) in [6.45, 7) is 3.84. The molecule has 0 saturated carbocycles. The van der Waals surface area contributed by atoms with Gasteiger partial charge in [-0.1, -0.05) is 42.5 Å². The molecule has 1 atom stereocenters. The van der Waals surface area contributed by atoms with Gasteiger partial charge in [0.05, 0.1) is 15.0 Å². The molecule has 3 rings (SSSR count). The third-order valence-electron chi connectivity index (χ3n) is 4.74. The highest BCUT2D eigenvalue weighted by Gasteiger charge is 2.28. The molecule has 1 unspecified atom stereocenters. The van der Waals surface area contributed by atoms with Crippen LogP contribution in [-0.4, -0.2) is 16.7 Å². The minimum atomic E-state index is -1.18. The van der Waals surface area contributed by atoms with E-state index in [1.165, 1.54) is 12.1 Å². The molecular formula is C23H18BrNO5. The van der Waals surface area contributed by atoms with Crippen LogP contribution in [0.2, 0.25) is 0 Å². The molecule has 6 nitrogen and oxygen atoms in total. The summed E-state index contributed by atoms with van der Waals surface area (Å²) >= 11 is 3.09. The van der Waals surface area contributed by atoms with Gasteiger partial charge < -0.3 is 4.74 Å². The number of nitrogens with zero attached hydrogens (tertiary/aromatic N) is 1. The first-order valence-electron chi connectivity index (χ1n) is 9.09. The molecule has 30 heavy (non-hydrogen) atoms. The molecule has 0 aliphatic carbocycles. The Morgan fingerprint density at radius 2 is 1.60 bits per heavy atom. The number of carbonyl (C=O) groups is 2. The third kappa shape index (κ3) is 4.63. The van der Waals surface area contributed by atoms with E-state index >= 15 is 0 Å². The standard InChI is InChI=1S/C23H18BrNO5/c1-14-8-9-17(12-15(14)2)21(26)22(16-6-4-3-5-7-16)30-23(27)18-10-11-19(24)20(13-18)25(28)29/h3-13,22H,1-2H3. The van der Waals surface area contributed by atoms with Gasteiger partial charge in [-0.25, -0.2) is 4.79 Å². The largest absolute Gasteiger partial charge is 0.445 e. The second kappa shape index (κ2) is 9.00. The molecule has 0 bridgehead atoms. The SMILES string of the molecule is Cc1ccc(C(=O)C(OC(=O)c2ccc(Br)c([N+](=O)[O-])c2)c2ccccc2)cc1C. The highest BCUT2D eigenvalue weighted by atomic mass is 79.9. The number of hydrogen-bond acceptors (Lipinski definition) is 5. The fraction of sp³-hybridized carbons (Fsp3) is 0.130. The summed E-state index contributed by atoms with van der Waals surface area (Å²) in [6, 6.07) is 17.9. The van der Waals surface area contributed by atoms with Crippen molar-refractivity contribution in [2.24, 2.45) is 0 Å². The molecule has 3 aromatic carbocycles. The zero-order valence-corrected chi connectivity index (χ0v) is 17.9. The highest BCUT2D eigenvalue weighted by Crippen LogP contribution is 2.28. The summed E-state index contributed by atoms with van der Waals surface area (Å²) in [4.78, 5) is 36.5. The Labute approximate surface area is 181 Å². The van der Waals surface area contributed by atoms with E-state index in [9.17, 15) is 19.7 Å². The van der Waals surface area contributed by atoms with Crippen molar-refractivity contribution in [3.05, 3.63) is 109 Å². The molecule has 0 saturated heterocycles. The van der Waals surface area contributed by atoms with Crippen LogP contribution < -0.4 is 0 Å². The lowest BCUT2D eigenvalue weighted by atomic mass is 9.97. The van der Waals surface area contributed by atoms with Crippen LogP contribution in [0.5, 0.6) is 0 Å². The molecule has 0 aliphatic heterocycles. The number of esters is 1.